The number of anilines is 3. The lowest BCUT2D eigenvalue weighted by molar-refractivity contribution is 0.328. The molecule has 0 bridgehead atoms. The van der Waals surface area contributed by atoms with E-state index in [0.29, 0.717) is 36.2 Å². The topological polar surface area (TPSA) is 112 Å². The number of hydrogen-bond donors (Lipinski definition) is 3. The minimum absolute atomic E-state index is 0.426. The van der Waals surface area contributed by atoms with Crippen LogP contribution in [0, 0.1) is 32.1 Å². The van der Waals surface area contributed by atoms with E-state index in [-0.39, 0.29) is 0 Å². The van der Waals surface area contributed by atoms with Crippen molar-refractivity contribution in [2.75, 3.05) is 23.8 Å². The fourth-order valence-corrected chi connectivity index (χ4v) is 2.96. The third kappa shape index (κ3) is 5.02. The van der Waals surface area contributed by atoms with Crippen LogP contribution in [0.5, 0.6) is 5.75 Å². The number of aromatic nitrogens is 4. The molecule has 150 valence electrons. The molecule has 0 fully saturated rings. The van der Waals surface area contributed by atoms with Crippen LogP contribution in [0.2, 0.25) is 0 Å². The number of aromatic amines is 1. The Labute approximate surface area is 170 Å². The van der Waals surface area contributed by atoms with Crippen molar-refractivity contribution >= 4 is 17.5 Å². The summed E-state index contributed by atoms with van der Waals surface area (Å²) in [7, 11) is 0. The molecule has 3 rings (SSSR count). The largest absolute Gasteiger partial charge is 0.490 e. The summed E-state index contributed by atoms with van der Waals surface area (Å²) in [5.41, 5.74) is 4.23. The molecule has 0 unspecified atom stereocenters. The average Bonchev–Trinajstić information content (AvgIpc) is 3.10. The Morgan fingerprint density at radius 3 is 2.62 bits per heavy atom. The Morgan fingerprint density at radius 2 is 1.97 bits per heavy atom. The molecule has 0 saturated carbocycles. The molecule has 0 spiro atoms. The second-order valence-corrected chi connectivity index (χ2v) is 6.73. The van der Waals surface area contributed by atoms with Gasteiger partial charge in [-0.15, -0.1) is 0 Å². The van der Waals surface area contributed by atoms with Gasteiger partial charge in [0.1, 0.15) is 30.1 Å². The van der Waals surface area contributed by atoms with Crippen molar-refractivity contribution in [1.82, 2.24) is 20.2 Å². The van der Waals surface area contributed by atoms with Gasteiger partial charge < -0.3 is 15.4 Å². The first-order valence-electron chi connectivity index (χ1n) is 9.54. The van der Waals surface area contributed by atoms with Gasteiger partial charge in [0.15, 0.2) is 5.82 Å². The van der Waals surface area contributed by atoms with Crippen molar-refractivity contribution in [3.63, 3.8) is 0 Å². The molecule has 0 aliphatic rings. The lowest BCUT2D eigenvalue weighted by Gasteiger charge is -2.14. The van der Waals surface area contributed by atoms with Crippen molar-refractivity contribution in [1.29, 1.82) is 5.26 Å². The van der Waals surface area contributed by atoms with E-state index in [0.717, 1.165) is 34.8 Å². The molecule has 8 heteroatoms. The molecule has 29 heavy (non-hydrogen) atoms. The highest BCUT2D eigenvalue weighted by molar-refractivity contribution is 5.64. The van der Waals surface area contributed by atoms with E-state index in [1.807, 2.05) is 52.0 Å². The smallest absolute Gasteiger partial charge is 0.153 e. The first-order valence-corrected chi connectivity index (χ1v) is 9.54. The predicted molar refractivity (Wildman–Crippen MR) is 113 cm³/mol. The second kappa shape index (κ2) is 9.06. The minimum atomic E-state index is 0.426. The molecule has 3 heterocycles. The molecule has 3 aromatic rings. The number of H-pyrrole nitrogens is 1. The van der Waals surface area contributed by atoms with Crippen LogP contribution in [0.25, 0.3) is 0 Å². The number of aryl methyl sites for hydroxylation is 4. The highest BCUT2D eigenvalue weighted by Crippen LogP contribution is 2.24. The SMILES string of the molecule is CCc1cc(Nc2cc(C)[nH]n2)nc(NCCOc2ccc(C)nc2C)c1C#N. The summed E-state index contributed by atoms with van der Waals surface area (Å²) in [6.45, 7) is 8.74. The van der Waals surface area contributed by atoms with Gasteiger partial charge in [-0.3, -0.25) is 10.1 Å². The molecule has 0 aliphatic heterocycles. The van der Waals surface area contributed by atoms with Crippen LogP contribution in [0.15, 0.2) is 24.3 Å². The zero-order valence-corrected chi connectivity index (χ0v) is 17.1. The van der Waals surface area contributed by atoms with Crippen molar-refractivity contribution < 1.29 is 4.74 Å². The van der Waals surface area contributed by atoms with E-state index in [1.165, 1.54) is 0 Å². The molecule has 8 nitrogen and oxygen atoms in total. The van der Waals surface area contributed by atoms with Crippen molar-refractivity contribution in [3.8, 4) is 11.8 Å². The summed E-state index contributed by atoms with van der Waals surface area (Å²) in [6.07, 6.45) is 0.721. The summed E-state index contributed by atoms with van der Waals surface area (Å²) < 4.78 is 5.81. The number of rotatable bonds is 8. The van der Waals surface area contributed by atoms with Gasteiger partial charge in [-0.2, -0.15) is 10.4 Å². The van der Waals surface area contributed by atoms with Crippen molar-refractivity contribution in [3.05, 3.63) is 52.5 Å². The summed E-state index contributed by atoms with van der Waals surface area (Å²) in [5, 5.41) is 23.1. The molecule has 0 radical (unpaired) electrons. The Kier molecular flexibility index (Phi) is 6.29. The quantitative estimate of drug-likeness (QED) is 0.501. The molecule has 0 aliphatic carbocycles. The fourth-order valence-electron chi connectivity index (χ4n) is 2.96. The number of pyridine rings is 2. The monoisotopic (exact) mass is 391 g/mol. The van der Waals surface area contributed by atoms with Gasteiger partial charge in [-0.05, 0) is 51.0 Å². The maximum Gasteiger partial charge on any atom is 0.153 e. The number of nitriles is 1. The summed E-state index contributed by atoms with van der Waals surface area (Å²) >= 11 is 0. The highest BCUT2D eigenvalue weighted by Gasteiger charge is 2.12. The van der Waals surface area contributed by atoms with Crippen LogP contribution in [0.1, 0.15) is 35.1 Å². The van der Waals surface area contributed by atoms with E-state index in [9.17, 15) is 5.26 Å². The average molecular weight is 391 g/mol. The van der Waals surface area contributed by atoms with Crippen LogP contribution in [0.3, 0.4) is 0 Å². The van der Waals surface area contributed by atoms with E-state index in [1.54, 1.807) is 0 Å². The number of nitrogens with zero attached hydrogens (tertiary/aromatic N) is 4. The summed E-state index contributed by atoms with van der Waals surface area (Å²) in [5.74, 6) is 2.60. The zero-order chi connectivity index (χ0) is 20.8. The fraction of sp³-hybridized carbons (Fsp3) is 0.333. The summed E-state index contributed by atoms with van der Waals surface area (Å²) in [6, 6.07) is 9.87. The minimum Gasteiger partial charge on any atom is -0.490 e. The van der Waals surface area contributed by atoms with E-state index in [2.05, 4.69) is 36.9 Å². The summed E-state index contributed by atoms with van der Waals surface area (Å²) in [4.78, 5) is 8.96. The second-order valence-electron chi connectivity index (χ2n) is 6.73. The van der Waals surface area contributed by atoms with Crippen LogP contribution >= 0.6 is 0 Å². The number of nitrogens with one attached hydrogen (secondary N) is 3. The van der Waals surface area contributed by atoms with Gasteiger partial charge in [-0.25, -0.2) is 4.98 Å². The highest BCUT2D eigenvalue weighted by atomic mass is 16.5. The zero-order valence-electron chi connectivity index (χ0n) is 17.1. The Hall–Kier alpha value is -3.60. The van der Waals surface area contributed by atoms with Gasteiger partial charge in [0.2, 0.25) is 0 Å². The normalized spacial score (nSPS) is 10.4. The van der Waals surface area contributed by atoms with Crippen LogP contribution < -0.4 is 15.4 Å². The van der Waals surface area contributed by atoms with Crippen molar-refractivity contribution in [2.45, 2.75) is 34.1 Å². The lowest BCUT2D eigenvalue weighted by atomic mass is 10.1. The Balaban J connectivity index is 1.71. The molecular weight excluding hydrogens is 366 g/mol. The number of hydrogen-bond acceptors (Lipinski definition) is 7. The lowest BCUT2D eigenvalue weighted by Crippen LogP contribution is -2.15. The molecule has 0 aromatic carbocycles. The Morgan fingerprint density at radius 1 is 1.14 bits per heavy atom. The van der Waals surface area contributed by atoms with Gasteiger partial charge in [0.05, 0.1) is 17.8 Å². The van der Waals surface area contributed by atoms with Crippen molar-refractivity contribution in [2.24, 2.45) is 0 Å². The maximum atomic E-state index is 9.60. The van der Waals surface area contributed by atoms with E-state index < -0.39 is 0 Å². The maximum absolute atomic E-state index is 9.60. The molecule has 0 atom stereocenters. The van der Waals surface area contributed by atoms with Gasteiger partial charge in [0, 0.05) is 17.5 Å². The third-order valence-corrected chi connectivity index (χ3v) is 4.38. The van der Waals surface area contributed by atoms with Gasteiger partial charge in [0.25, 0.3) is 0 Å². The van der Waals surface area contributed by atoms with Crippen LogP contribution in [-0.4, -0.2) is 33.3 Å². The molecule has 0 amide bonds. The first-order chi connectivity index (χ1) is 14.0. The standard InChI is InChI=1S/C21H25N7O/c1-5-16-11-19(25-20-10-14(3)27-28-20)26-21(17(16)12-22)23-8-9-29-18-7-6-13(2)24-15(18)4/h6-7,10-11H,5,8-9H2,1-4H3,(H3,23,25,26,27,28). The third-order valence-electron chi connectivity index (χ3n) is 4.38. The van der Waals surface area contributed by atoms with E-state index in [4.69, 9.17) is 4.74 Å². The predicted octanol–water partition coefficient (Wildman–Crippen LogP) is 3.79. The molecule has 0 saturated heterocycles. The first kappa shape index (κ1) is 20.1. The van der Waals surface area contributed by atoms with Gasteiger partial charge in [-0.1, -0.05) is 6.92 Å². The Bertz CT molecular complexity index is 1040. The molecule has 3 N–H and O–H groups in total. The molecular formula is C21H25N7O. The molecule has 3 aromatic heterocycles. The number of ether oxygens (including phenoxy) is 1. The van der Waals surface area contributed by atoms with E-state index >= 15 is 0 Å². The van der Waals surface area contributed by atoms with Crippen LogP contribution in [0.4, 0.5) is 17.5 Å². The van der Waals surface area contributed by atoms with Gasteiger partial charge >= 0.3 is 0 Å². The van der Waals surface area contributed by atoms with Crippen LogP contribution in [-0.2, 0) is 6.42 Å².